The fourth-order valence-corrected chi connectivity index (χ4v) is 3.15. The van der Waals surface area contributed by atoms with Gasteiger partial charge in [-0.25, -0.2) is 4.79 Å². The number of aromatic nitrogens is 2. The van der Waals surface area contributed by atoms with Crippen molar-refractivity contribution in [3.63, 3.8) is 0 Å². The fraction of sp³-hybridized carbons (Fsp3) is 0.174. The van der Waals surface area contributed by atoms with E-state index < -0.39 is 5.97 Å². The van der Waals surface area contributed by atoms with E-state index in [9.17, 15) is 4.79 Å². The average molecular weight is 407 g/mol. The van der Waals surface area contributed by atoms with Crippen molar-refractivity contribution in [2.75, 3.05) is 13.2 Å². The van der Waals surface area contributed by atoms with E-state index in [2.05, 4.69) is 16.8 Å². The first kappa shape index (κ1) is 20.6. The molecule has 0 saturated carbocycles. The molecular weight excluding hydrogens is 384 g/mol. The van der Waals surface area contributed by atoms with E-state index in [0.717, 1.165) is 26.7 Å². The Morgan fingerprint density at radius 1 is 1.03 bits per heavy atom. The molecule has 0 bridgehead atoms. The number of ether oxygens (including phenoxy) is 2. The molecule has 1 heterocycles. The first-order chi connectivity index (χ1) is 14.1. The van der Waals surface area contributed by atoms with E-state index in [1.54, 1.807) is 18.3 Å². The van der Waals surface area contributed by atoms with Gasteiger partial charge in [0.05, 0.1) is 13.2 Å². The van der Waals surface area contributed by atoms with Gasteiger partial charge in [0.25, 0.3) is 0 Å². The molecule has 0 unspecified atom stereocenters. The molecule has 2 aromatic carbocycles. The minimum Gasteiger partial charge on any atom is -0.460 e. The summed E-state index contributed by atoms with van der Waals surface area (Å²) < 4.78 is 10.5. The van der Waals surface area contributed by atoms with Gasteiger partial charge in [-0.3, -0.25) is 0 Å². The van der Waals surface area contributed by atoms with Crippen LogP contribution in [0, 0.1) is 0 Å². The van der Waals surface area contributed by atoms with Crippen LogP contribution in [0.25, 0.3) is 22.7 Å². The van der Waals surface area contributed by atoms with Crippen LogP contribution in [0.15, 0.2) is 66.7 Å². The summed E-state index contributed by atoms with van der Waals surface area (Å²) in [5.41, 5.74) is 3.56. The Hall–Kier alpha value is -3.09. The van der Waals surface area contributed by atoms with Gasteiger partial charge in [-0.05, 0) is 24.1 Å². The predicted molar refractivity (Wildman–Crippen MR) is 116 cm³/mol. The van der Waals surface area contributed by atoms with Crippen molar-refractivity contribution in [3.8, 4) is 10.6 Å². The van der Waals surface area contributed by atoms with Gasteiger partial charge >= 0.3 is 5.97 Å². The maximum Gasteiger partial charge on any atom is 0.333 e. The molecule has 29 heavy (non-hydrogen) atoms. The number of carbonyl (C=O) groups excluding carboxylic acids is 1. The van der Waals surface area contributed by atoms with E-state index in [1.165, 1.54) is 0 Å². The molecule has 0 aliphatic carbocycles. The number of hydrogen-bond acceptors (Lipinski definition) is 6. The second kappa shape index (κ2) is 10.5. The third-order valence-corrected chi connectivity index (χ3v) is 4.88. The molecular formula is C23H22N2O3S. The van der Waals surface area contributed by atoms with Crippen LogP contribution in [-0.2, 0) is 20.9 Å². The number of carbonyl (C=O) groups is 1. The molecule has 0 aliphatic rings. The molecule has 0 atom stereocenters. The van der Waals surface area contributed by atoms with Crippen molar-refractivity contribution in [1.82, 2.24) is 10.2 Å². The summed E-state index contributed by atoms with van der Waals surface area (Å²) in [5, 5.41) is 10.2. The van der Waals surface area contributed by atoms with Crippen LogP contribution in [-0.4, -0.2) is 29.4 Å². The van der Waals surface area contributed by atoms with Crippen LogP contribution in [0.1, 0.15) is 23.1 Å². The lowest BCUT2D eigenvalue weighted by Crippen LogP contribution is -2.10. The lowest BCUT2D eigenvalue weighted by Gasteiger charge is -2.06. The zero-order chi connectivity index (χ0) is 20.5. The van der Waals surface area contributed by atoms with Gasteiger partial charge in [-0.2, -0.15) is 0 Å². The third kappa shape index (κ3) is 6.48. The summed E-state index contributed by atoms with van der Waals surface area (Å²) in [6.45, 7) is 6.16. The molecule has 0 fully saturated rings. The number of rotatable bonds is 9. The Morgan fingerprint density at radius 3 is 2.52 bits per heavy atom. The molecule has 1 aromatic heterocycles. The minimum atomic E-state index is -0.395. The first-order valence-electron chi connectivity index (χ1n) is 9.18. The van der Waals surface area contributed by atoms with E-state index in [4.69, 9.17) is 9.47 Å². The van der Waals surface area contributed by atoms with Crippen molar-refractivity contribution in [2.45, 2.75) is 13.5 Å². The Labute approximate surface area is 174 Å². The third-order valence-electron chi connectivity index (χ3n) is 3.94. The standard InChI is InChI=1S/C23H22N2O3S/c1-17(2)23(26)28-15-14-27-16-19-8-11-20(12-9-19)22-25-24-21(29-22)13-10-18-6-4-3-5-7-18/h3-13H,1,14-16H2,2H3/b13-10+. The van der Waals surface area contributed by atoms with Crippen LogP contribution in [0.5, 0.6) is 0 Å². The smallest absolute Gasteiger partial charge is 0.333 e. The van der Waals surface area contributed by atoms with Gasteiger partial charge in [-0.1, -0.05) is 78.6 Å². The summed E-state index contributed by atoms with van der Waals surface area (Å²) in [6, 6.07) is 18.1. The second-order valence-electron chi connectivity index (χ2n) is 6.36. The van der Waals surface area contributed by atoms with Crippen molar-refractivity contribution >= 4 is 29.5 Å². The molecule has 0 amide bonds. The van der Waals surface area contributed by atoms with Gasteiger partial charge in [0, 0.05) is 11.1 Å². The fourth-order valence-electron chi connectivity index (χ4n) is 2.40. The lowest BCUT2D eigenvalue weighted by molar-refractivity contribution is -0.140. The van der Waals surface area contributed by atoms with Gasteiger partial charge in [0.1, 0.15) is 16.6 Å². The van der Waals surface area contributed by atoms with Gasteiger partial charge < -0.3 is 9.47 Å². The van der Waals surface area contributed by atoms with Gasteiger partial charge in [0.15, 0.2) is 0 Å². The zero-order valence-corrected chi connectivity index (χ0v) is 17.0. The number of hydrogen-bond donors (Lipinski definition) is 0. The van der Waals surface area contributed by atoms with E-state index in [1.807, 2.05) is 66.7 Å². The maximum absolute atomic E-state index is 11.3. The van der Waals surface area contributed by atoms with E-state index >= 15 is 0 Å². The number of benzene rings is 2. The van der Waals surface area contributed by atoms with Crippen LogP contribution >= 0.6 is 11.3 Å². The minimum absolute atomic E-state index is 0.216. The van der Waals surface area contributed by atoms with Crippen molar-refractivity contribution in [2.24, 2.45) is 0 Å². The zero-order valence-electron chi connectivity index (χ0n) is 16.2. The Balaban J connectivity index is 1.49. The molecule has 0 radical (unpaired) electrons. The van der Waals surface area contributed by atoms with E-state index in [-0.39, 0.29) is 6.61 Å². The van der Waals surface area contributed by atoms with Crippen molar-refractivity contribution < 1.29 is 14.3 Å². The normalized spacial score (nSPS) is 10.9. The van der Waals surface area contributed by atoms with E-state index in [0.29, 0.717) is 18.8 Å². The second-order valence-corrected chi connectivity index (χ2v) is 7.36. The van der Waals surface area contributed by atoms with Crippen molar-refractivity contribution in [1.29, 1.82) is 0 Å². The van der Waals surface area contributed by atoms with Crippen LogP contribution in [0.3, 0.4) is 0 Å². The highest BCUT2D eigenvalue weighted by Gasteiger charge is 2.06. The average Bonchev–Trinajstić information content (AvgIpc) is 3.22. The van der Waals surface area contributed by atoms with Crippen LogP contribution in [0.2, 0.25) is 0 Å². The molecule has 5 nitrogen and oxygen atoms in total. The quantitative estimate of drug-likeness (QED) is 0.284. The summed E-state index contributed by atoms with van der Waals surface area (Å²) in [5.74, 6) is -0.395. The topological polar surface area (TPSA) is 61.3 Å². The largest absolute Gasteiger partial charge is 0.460 e. The van der Waals surface area contributed by atoms with Crippen LogP contribution < -0.4 is 0 Å². The van der Waals surface area contributed by atoms with Crippen LogP contribution in [0.4, 0.5) is 0 Å². The molecule has 0 spiro atoms. The number of nitrogens with zero attached hydrogens (tertiary/aromatic N) is 2. The van der Waals surface area contributed by atoms with Crippen molar-refractivity contribution in [3.05, 3.63) is 82.9 Å². The highest BCUT2D eigenvalue weighted by Crippen LogP contribution is 2.25. The molecule has 0 N–H and O–H groups in total. The number of esters is 1. The molecule has 3 aromatic rings. The molecule has 0 aliphatic heterocycles. The summed E-state index contributed by atoms with van der Waals surface area (Å²) in [6.07, 6.45) is 4.00. The molecule has 6 heteroatoms. The highest BCUT2D eigenvalue weighted by atomic mass is 32.1. The predicted octanol–water partition coefficient (Wildman–Crippen LogP) is 5.01. The maximum atomic E-state index is 11.3. The lowest BCUT2D eigenvalue weighted by atomic mass is 10.1. The Kier molecular flexibility index (Phi) is 7.44. The molecule has 0 saturated heterocycles. The summed E-state index contributed by atoms with van der Waals surface area (Å²) in [4.78, 5) is 11.3. The molecule has 3 rings (SSSR count). The molecule has 148 valence electrons. The Bertz CT molecular complexity index is 979. The highest BCUT2D eigenvalue weighted by molar-refractivity contribution is 7.15. The van der Waals surface area contributed by atoms with Gasteiger partial charge in [0.2, 0.25) is 0 Å². The van der Waals surface area contributed by atoms with Gasteiger partial charge in [-0.15, -0.1) is 10.2 Å². The SMILES string of the molecule is C=C(C)C(=O)OCCOCc1ccc(-c2nnc(/C=C/c3ccccc3)s2)cc1. The monoisotopic (exact) mass is 406 g/mol. The Morgan fingerprint density at radius 2 is 1.79 bits per heavy atom. The first-order valence-corrected chi connectivity index (χ1v) is 10.00. The summed E-state index contributed by atoms with van der Waals surface area (Å²) >= 11 is 1.54. The summed E-state index contributed by atoms with van der Waals surface area (Å²) in [7, 11) is 0.